The lowest BCUT2D eigenvalue weighted by atomic mass is 9.94. The Morgan fingerprint density at radius 1 is 1.16 bits per heavy atom. The number of carbonyl (C=O) groups excluding carboxylic acids is 2. The number of Topliss-reactive ketones (excluding diaryl/α,β-unsaturated/α-hetero) is 1. The predicted octanol–water partition coefficient (Wildman–Crippen LogP) is 3.27. The van der Waals surface area contributed by atoms with E-state index in [1.165, 1.54) is 18.3 Å². The fourth-order valence-corrected chi connectivity index (χ4v) is 2.53. The van der Waals surface area contributed by atoms with Crippen LogP contribution in [0.5, 0.6) is 0 Å². The summed E-state index contributed by atoms with van der Waals surface area (Å²) in [6.07, 6.45) is 0. The van der Waals surface area contributed by atoms with Crippen LogP contribution in [-0.4, -0.2) is 22.3 Å². The minimum absolute atomic E-state index is 0.0266. The molecule has 106 valence electrons. The van der Waals surface area contributed by atoms with E-state index in [1.807, 2.05) is 20.8 Å². The van der Waals surface area contributed by atoms with E-state index in [4.69, 9.17) is 4.74 Å². The molecule has 0 atom stereocenters. The van der Waals surface area contributed by atoms with Gasteiger partial charge in [0, 0.05) is 6.92 Å². The molecule has 19 heavy (non-hydrogen) atoms. The van der Waals surface area contributed by atoms with Gasteiger partial charge in [0.25, 0.3) is 0 Å². The first-order chi connectivity index (χ1) is 8.45. The Morgan fingerprint density at radius 3 is 2.05 bits per heavy atom. The SMILES string of the molecule is CC(=O)c1sc(C(C)(C)C(=O)OC(C)(C)C)nc1C. The van der Waals surface area contributed by atoms with E-state index in [0.717, 1.165) is 0 Å². The molecule has 0 spiro atoms. The molecule has 0 N–H and O–H groups in total. The number of hydrogen-bond acceptors (Lipinski definition) is 5. The van der Waals surface area contributed by atoms with Gasteiger partial charge in [0.15, 0.2) is 5.78 Å². The molecule has 0 amide bonds. The lowest BCUT2D eigenvalue weighted by Crippen LogP contribution is -2.36. The highest BCUT2D eigenvalue weighted by molar-refractivity contribution is 7.14. The van der Waals surface area contributed by atoms with Crippen LogP contribution in [0.1, 0.15) is 61.9 Å². The first kappa shape index (κ1) is 15.8. The van der Waals surface area contributed by atoms with Crippen LogP contribution in [-0.2, 0) is 14.9 Å². The van der Waals surface area contributed by atoms with Crippen LogP contribution in [0.4, 0.5) is 0 Å². The van der Waals surface area contributed by atoms with Gasteiger partial charge in [-0.25, -0.2) is 4.98 Å². The first-order valence-electron chi connectivity index (χ1n) is 6.17. The highest BCUT2D eigenvalue weighted by Crippen LogP contribution is 2.32. The number of ether oxygens (including phenoxy) is 1. The summed E-state index contributed by atoms with van der Waals surface area (Å²) in [7, 11) is 0. The summed E-state index contributed by atoms with van der Waals surface area (Å²) in [5, 5.41) is 0.615. The molecule has 1 aromatic heterocycles. The second-order valence-corrected chi connectivity index (χ2v) is 7.12. The Balaban J connectivity index is 3.10. The summed E-state index contributed by atoms with van der Waals surface area (Å²) < 4.78 is 5.41. The van der Waals surface area contributed by atoms with Crippen molar-refractivity contribution in [3.05, 3.63) is 15.6 Å². The third-order valence-corrected chi connectivity index (χ3v) is 4.14. The van der Waals surface area contributed by atoms with Gasteiger partial charge < -0.3 is 4.74 Å². The van der Waals surface area contributed by atoms with Gasteiger partial charge in [0.2, 0.25) is 0 Å². The van der Waals surface area contributed by atoms with Gasteiger partial charge >= 0.3 is 5.97 Å². The van der Waals surface area contributed by atoms with Gasteiger partial charge in [0.05, 0.1) is 10.6 Å². The minimum atomic E-state index is -0.851. The molecule has 1 rings (SSSR count). The predicted molar refractivity (Wildman–Crippen MR) is 75.7 cm³/mol. The van der Waals surface area contributed by atoms with Gasteiger partial charge in [-0.3, -0.25) is 9.59 Å². The number of nitrogens with zero attached hydrogens (tertiary/aromatic N) is 1. The minimum Gasteiger partial charge on any atom is -0.459 e. The van der Waals surface area contributed by atoms with Crippen molar-refractivity contribution in [2.75, 3.05) is 0 Å². The molecule has 0 fully saturated rings. The van der Waals surface area contributed by atoms with Crippen LogP contribution < -0.4 is 0 Å². The highest BCUT2D eigenvalue weighted by atomic mass is 32.1. The van der Waals surface area contributed by atoms with Gasteiger partial charge in [-0.05, 0) is 41.5 Å². The molecule has 0 unspecified atom stereocenters. The zero-order valence-electron chi connectivity index (χ0n) is 12.6. The second kappa shape index (κ2) is 5.04. The summed E-state index contributed by atoms with van der Waals surface area (Å²) >= 11 is 1.27. The van der Waals surface area contributed by atoms with Crippen LogP contribution in [0.25, 0.3) is 0 Å². The Labute approximate surface area is 118 Å². The van der Waals surface area contributed by atoms with Crippen molar-refractivity contribution < 1.29 is 14.3 Å². The average Bonchev–Trinajstić information content (AvgIpc) is 2.58. The largest absolute Gasteiger partial charge is 0.459 e. The molecule has 0 aliphatic carbocycles. The lowest BCUT2D eigenvalue weighted by Gasteiger charge is -2.27. The first-order valence-corrected chi connectivity index (χ1v) is 6.99. The van der Waals surface area contributed by atoms with Crippen molar-refractivity contribution in [2.45, 2.75) is 59.5 Å². The number of aromatic nitrogens is 1. The molecule has 0 saturated carbocycles. The van der Waals surface area contributed by atoms with Crippen molar-refractivity contribution in [1.29, 1.82) is 0 Å². The average molecular weight is 283 g/mol. The highest BCUT2D eigenvalue weighted by Gasteiger charge is 2.37. The number of carbonyl (C=O) groups is 2. The Kier molecular flexibility index (Phi) is 4.20. The molecule has 0 aliphatic heterocycles. The van der Waals surface area contributed by atoms with Crippen molar-refractivity contribution in [3.8, 4) is 0 Å². The summed E-state index contributed by atoms with van der Waals surface area (Å²) in [4.78, 5) is 28.6. The molecule has 0 bridgehead atoms. The third-order valence-electron chi connectivity index (χ3n) is 2.56. The van der Waals surface area contributed by atoms with E-state index in [2.05, 4.69) is 4.98 Å². The number of aryl methyl sites for hydroxylation is 1. The fraction of sp³-hybridized carbons (Fsp3) is 0.643. The zero-order chi connectivity index (χ0) is 15.0. The van der Waals surface area contributed by atoms with E-state index >= 15 is 0 Å². The number of rotatable bonds is 3. The van der Waals surface area contributed by atoms with Crippen LogP contribution in [0.3, 0.4) is 0 Å². The van der Waals surface area contributed by atoms with E-state index < -0.39 is 11.0 Å². The van der Waals surface area contributed by atoms with Gasteiger partial charge in [-0.2, -0.15) is 0 Å². The van der Waals surface area contributed by atoms with Crippen molar-refractivity contribution in [1.82, 2.24) is 4.98 Å². The molecular weight excluding hydrogens is 262 g/mol. The van der Waals surface area contributed by atoms with Gasteiger partial charge in [-0.15, -0.1) is 11.3 Å². The second-order valence-electron chi connectivity index (χ2n) is 6.12. The fourth-order valence-electron chi connectivity index (χ4n) is 1.48. The Bertz CT molecular complexity index is 509. The molecule has 0 aromatic carbocycles. The van der Waals surface area contributed by atoms with Gasteiger partial charge in [0.1, 0.15) is 16.0 Å². The van der Waals surface area contributed by atoms with Crippen molar-refractivity contribution in [2.24, 2.45) is 0 Å². The zero-order valence-corrected chi connectivity index (χ0v) is 13.4. The molecule has 0 aliphatic rings. The summed E-state index contributed by atoms with van der Waals surface area (Å²) in [6, 6.07) is 0. The molecular formula is C14H21NO3S. The molecule has 1 heterocycles. The molecule has 4 nitrogen and oxygen atoms in total. The number of thiazole rings is 1. The topological polar surface area (TPSA) is 56.3 Å². The standard InChI is InChI=1S/C14H21NO3S/c1-8-10(9(2)16)19-11(15-8)14(6,7)12(17)18-13(3,4)5/h1-7H3. The normalized spacial score (nSPS) is 12.4. The quantitative estimate of drug-likeness (QED) is 0.631. The van der Waals surface area contributed by atoms with Crippen molar-refractivity contribution >= 4 is 23.1 Å². The van der Waals surface area contributed by atoms with Crippen LogP contribution in [0.2, 0.25) is 0 Å². The van der Waals surface area contributed by atoms with E-state index in [0.29, 0.717) is 15.6 Å². The van der Waals surface area contributed by atoms with Crippen LogP contribution in [0.15, 0.2) is 0 Å². The number of ketones is 1. The smallest absolute Gasteiger partial charge is 0.318 e. The Morgan fingerprint density at radius 2 is 1.68 bits per heavy atom. The summed E-state index contributed by atoms with van der Waals surface area (Å²) in [5.41, 5.74) is -0.718. The third kappa shape index (κ3) is 3.62. The lowest BCUT2D eigenvalue weighted by molar-refractivity contribution is -0.160. The molecule has 1 aromatic rings. The molecule has 5 heteroatoms. The Hall–Kier alpha value is -1.23. The van der Waals surface area contributed by atoms with Gasteiger partial charge in [-0.1, -0.05) is 0 Å². The number of hydrogen-bond donors (Lipinski definition) is 0. The maximum Gasteiger partial charge on any atom is 0.318 e. The maximum atomic E-state index is 12.2. The van der Waals surface area contributed by atoms with Crippen molar-refractivity contribution in [3.63, 3.8) is 0 Å². The molecule has 0 radical (unpaired) electrons. The van der Waals surface area contributed by atoms with E-state index in [-0.39, 0.29) is 11.8 Å². The summed E-state index contributed by atoms with van der Waals surface area (Å²) in [6.45, 7) is 12.3. The van der Waals surface area contributed by atoms with Crippen LogP contribution in [0, 0.1) is 6.92 Å². The number of esters is 1. The summed E-state index contributed by atoms with van der Waals surface area (Å²) in [5.74, 6) is -0.356. The molecule has 0 saturated heterocycles. The van der Waals surface area contributed by atoms with E-state index in [1.54, 1.807) is 20.8 Å². The monoisotopic (exact) mass is 283 g/mol. The van der Waals surface area contributed by atoms with E-state index in [9.17, 15) is 9.59 Å². The maximum absolute atomic E-state index is 12.2. The van der Waals surface area contributed by atoms with Crippen LogP contribution >= 0.6 is 11.3 Å².